The summed E-state index contributed by atoms with van der Waals surface area (Å²) in [6.45, 7) is 6.01. The molecule has 0 radical (unpaired) electrons. The largest absolute Gasteiger partial charge is 0.490 e. The van der Waals surface area contributed by atoms with Gasteiger partial charge >= 0.3 is 0 Å². The molecule has 0 spiro atoms. The minimum Gasteiger partial charge on any atom is -0.490 e. The van der Waals surface area contributed by atoms with Crippen molar-refractivity contribution in [2.75, 3.05) is 38.6 Å². The number of aromatic nitrogens is 1. The van der Waals surface area contributed by atoms with Gasteiger partial charge in [-0.3, -0.25) is 0 Å². The van der Waals surface area contributed by atoms with Crippen molar-refractivity contribution in [3.05, 3.63) is 18.3 Å². The van der Waals surface area contributed by atoms with Gasteiger partial charge in [0, 0.05) is 19.3 Å². The molecule has 1 fully saturated rings. The van der Waals surface area contributed by atoms with E-state index in [4.69, 9.17) is 4.74 Å². The Morgan fingerprint density at radius 2 is 2.47 bits per heavy atom. The topological polar surface area (TPSA) is 37.4 Å². The number of hydrogen-bond donors (Lipinski definition) is 1. The lowest BCUT2D eigenvalue weighted by Crippen LogP contribution is -2.19. The number of hydrogen-bond acceptors (Lipinski definition) is 4. The second-order valence-electron chi connectivity index (χ2n) is 4.58. The van der Waals surface area contributed by atoms with E-state index in [9.17, 15) is 0 Å². The quantitative estimate of drug-likeness (QED) is 0.845. The molecule has 17 heavy (non-hydrogen) atoms. The second kappa shape index (κ2) is 5.87. The number of likely N-dealkylation sites (tertiary alicyclic amines) is 1. The Bertz CT molecular complexity index is 356. The number of pyridine rings is 1. The van der Waals surface area contributed by atoms with E-state index in [1.165, 1.54) is 19.5 Å². The van der Waals surface area contributed by atoms with Gasteiger partial charge in [-0.15, -0.1) is 0 Å². The zero-order valence-corrected chi connectivity index (χ0v) is 10.6. The van der Waals surface area contributed by atoms with Gasteiger partial charge in [0.05, 0.1) is 6.61 Å². The summed E-state index contributed by atoms with van der Waals surface area (Å²) < 4.78 is 5.54. The molecule has 1 aliphatic rings. The van der Waals surface area contributed by atoms with Crippen LogP contribution in [0.25, 0.3) is 0 Å². The highest BCUT2D eigenvalue weighted by atomic mass is 16.5. The van der Waals surface area contributed by atoms with Crippen molar-refractivity contribution in [1.82, 2.24) is 9.88 Å². The summed E-state index contributed by atoms with van der Waals surface area (Å²) in [7, 11) is 2.17. The fourth-order valence-electron chi connectivity index (χ4n) is 2.23. The molecule has 2 heterocycles. The minimum absolute atomic E-state index is 0.673. The lowest BCUT2D eigenvalue weighted by Gasteiger charge is -2.14. The molecule has 0 aliphatic carbocycles. The number of anilines is 1. The SMILES string of the molecule is CCOc1cccnc1NCC1CCN(C)C1. The lowest BCUT2D eigenvalue weighted by molar-refractivity contribution is 0.340. The Kier molecular flexibility index (Phi) is 4.20. The van der Waals surface area contributed by atoms with E-state index in [0.29, 0.717) is 6.61 Å². The van der Waals surface area contributed by atoms with Gasteiger partial charge < -0.3 is 15.0 Å². The smallest absolute Gasteiger partial charge is 0.168 e. The molecule has 4 heteroatoms. The van der Waals surface area contributed by atoms with Gasteiger partial charge in [-0.1, -0.05) is 0 Å². The molecular formula is C13H21N3O. The van der Waals surface area contributed by atoms with E-state index in [1.54, 1.807) is 6.20 Å². The van der Waals surface area contributed by atoms with Crippen LogP contribution < -0.4 is 10.1 Å². The van der Waals surface area contributed by atoms with Gasteiger partial charge in [-0.2, -0.15) is 0 Å². The first kappa shape index (κ1) is 12.2. The molecule has 1 unspecified atom stereocenters. The summed E-state index contributed by atoms with van der Waals surface area (Å²) in [6.07, 6.45) is 3.06. The molecule has 1 aromatic rings. The predicted molar refractivity (Wildman–Crippen MR) is 69.5 cm³/mol. The van der Waals surface area contributed by atoms with Gasteiger partial charge in [0.2, 0.25) is 0 Å². The zero-order valence-electron chi connectivity index (χ0n) is 10.6. The maximum atomic E-state index is 5.54. The summed E-state index contributed by atoms with van der Waals surface area (Å²) in [5.41, 5.74) is 0. The van der Waals surface area contributed by atoms with E-state index < -0.39 is 0 Å². The average molecular weight is 235 g/mol. The molecule has 0 saturated carbocycles. The van der Waals surface area contributed by atoms with E-state index in [0.717, 1.165) is 24.0 Å². The first-order valence-electron chi connectivity index (χ1n) is 6.30. The van der Waals surface area contributed by atoms with Crippen LogP contribution in [0.15, 0.2) is 18.3 Å². The Hall–Kier alpha value is -1.29. The third-order valence-corrected chi connectivity index (χ3v) is 3.12. The number of rotatable bonds is 5. The molecule has 0 amide bonds. The molecule has 1 saturated heterocycles. The average Bonchev–Trinajstić information content (AvgIpc) is 2.74. The molecule has 0 aromatic carbocycles. The van der Waals surface area contributed by atoms with E-state index in [2.05, 4.69) is 22.2 Å². The number of nitrogens with one attached hydrogen (secondary N) is 1. The predicted octanol–water partition coefficient (Wildman–Crippen LogP) is 1.84. The highest BCUT2D eigenvalue weighted by Crippen LogP contribution is 2.22. The molecular weight excluding hydrogens is 214 g/mol. The molecule has 0 bridgehead atoms. The Balaban J connectivity index is 1.89. The Labute approximate surface area is 103 Å². The summed E-state index contributed by atoms with van der Waals surface area (Å²) in [5.74, 6) is 2.43. The van der Waals surface area contributed by atoms with Gasteiger partial charge in [0.15, 0.2) is 11.6 Å². The van der Waals surface area contributed by atoms with Crippen molar-refractivity contribution in [2.24, 2.45) is 5.92 Å². The highest BCUT2D eigenvalue weighted by molar-refractivity contribution is 5.49. The van der Waals surface area contributed by atoms with Crippen LogP contribution >= 0.6 is 0 Å². The number of nitrogens with zero attached hydrogens (tertiary/aromatic N) is 2. The third-order valence-electron chi connectivity index (χ3n) is 3.12. The van der Waals surface area contributed by atoms with Crippen LogP contribution in [-0.4, -0.2) is 43.2 Å². The van der Waals surface area contributed by atoms with Crippen LogP contribution in [-0.2, 0) is 0 Å². The van der Waals surface area contributed by atoms with Crippen LogP contribution in [0.4, 0.5) is 5.82 Å². The maximum Gasteiger partial charge on any atom is 0.168 e. The molecule has 2 rings (SSSR count). The lowest BCUT2D eigenvalue weighted by atomic mass is 10.1. The standard InChI is InChI=1S/C13H21N3O/c1-3-17-12-5-4-7-14-13(12)15-9-11-6-8-16(2)10-11/h4-5,7,11H,3,6,8-10H2,1-2H3,(H,14,15). The summed E-state index contributed by atoms with van der Waals surface area (Å²) in [6, 6.07) is 3.86. The normalized spacial score (nSPS) is 20.5. The molecule has 1 atom stereocenters. The van der Waals surface area contributed by atoms with Crippen molar-refractivity contribution in [3.8, 4) is 5.75 Å². The van der Waals surface area contributed by atoms with E-state index in [-0.39, 0.29) is 0 Å². The Morgan fingerprint density at radius 3 is 3.18 bits per heavy atom. The van der Waals surface area contributed by atoms with Gasteiger partial charge in [0.25, 0.3) is 0 Å². The van der Waals surface area contributed by atoms with E-state index in [1.807, 2.05) is 19.1 Å². The maximum absolute atomic E-state index is 5.54. The van der Waals surface area contributed by atoms with Crippen molar-refractivity contribution in [1.29, 1.82) is 0 Å². The summed E-state index contributed by atoms with van der Waals surface area (Å²) in [5, 5.41) is 3.40. The summed E-state index contributed by atoms with van der Waals surface area (Å²) in [4.78, 5) is 6.70. The van der Waals surface area contributed by atoms with Gasteiger partial charge in [-0.05, 0) is 45.0 Å². The fraction of sp³-hybridized carbons (Fsp3) is 0.615. The van der Waals surface area contributed by atoms with Crippen LogP contribution in [0.3, 0.4) is 0 Å². The summed E-state index contributed by atoms with van der Waals surface area (Å²) >= 11 is 0. The first-order valence-corrected chi connectivity index (χ1v) is 6.30. The zero-order chi connectivity index (χ0) is 12.1. The van der Waals surface area contributed by atoms with Crippen molar-refractivity contribution >= 4 is 5.82 Å². The minimum atomic E-state index is 0.673. The van der Waals surface area contributed by atoms with Crippen LogP contribution in [0.1, 0.15) is 13.3 Å². The highest BCUT2D eigenvalue weighted by Gasteiger charge is 2.19. The molecule has 1 aromatic heterocycles. The molecule has 4 nitrogen and oxygen atoms in total. The van der Waals surface area contributed by atoms with Crippen LogP contribution in [0.5, 0.6) is 5.75 Å². The van der Waals surface area contributed by atoms with Crippen molar-refractivity contribution in [2.45, 2.75) is 13.3 Å². The molecule has 1 aliphatic heterocycles. The molecule has 1 N–H and O–H groups in total. The fourth-order valence-corrected chi connectivity index (χ4v) is 2.23. The van der Waals surface area contributed by atoms with Crippen molar-refractivity contribution in [3.63, 3.8) is 0 Å². The van der Waals surface area contributed by atoms with Crippen LogP contribution in [0.2, 0.25) is 0 Å². The second-order valence-corrected chi connectivity index (χ2v) is 4.58. The Morgan fingerprint density at radius 1 is 1.59 bits per heavy atom. The number of ether oxygens (including phenoxy) is 1. The van der Waals surface area contributed by atoms with Gasteiger partial charge in [-0.25, -0.2) is 4.98 Å². The van der Waals surface area contributed by atoms with E-state index >= 15 is 0 Å². The van der Waals surface area contributed by atoms with Gasteiger partial charge in [0.1, 0.15) is 0 Å². The molecule has 94 valence electrons. The van der Waals surface area contributed by atoms with Crippen molar-refractivity contribution < 1.29 is 4.74 Å². The third kappa shape index (κ3) is 3.33. The van der Waals surface area contributed by atoms with Crippen LogP contribution in [0, 0.1) is 5.92 Å². The monoisotopic (exact) mass is 235 g/mol. The first-order chi connectivity index (χ1) is 8.29.